The number of hydrogen-bond donors (Lipinski definition) is 1. The molecule has 0 radical (unpaired) electrons. The molecule has 1 aromatic heterocycles. The molecule has 1 N–H and O–H groups in total. The van der Waals surface area contributed by atoms with E-state index < -0.39 is 0 Å². The highest BCUT2D eigenvalue weighted by Crippen LogP contribution is 2.17. The maximum absolute atomic E-state index is 13.1. The van der Waals surface area contributed by atoms with Gasteiger partial charge >= 0.3 is 0 Å². The van der Waals surface area contributed by atoms with Crippen molar-refractivity contribution in [3.63, 3.8) is 0 Å². The number of rotatable bonds is 5. The monoisotopic (exact) mass is 276 g/mol. The predicted octanol–water partition coefficient (Wildman–Crippen LogP) is 2.94. The largest absolute Gasteiger partial charge is 0.377 e. The van der Waals surface area contributed by atoms with Crippen LogP contribution in [0, 0.1) is 5.82 Å². The summed E-state index contributed by atoms with van der Waals surface area (Å²) in [6, 6.07) is 7.28. The topological polar surface area (TPSA) is 26.2 Å². The van der Waals surface area contributed by atoms with Crippen molar-refractivity contribution in [2.45, 2.75) is 38.5 Å². The number of nitrogens with one attached hydrogen (secondary N) is 1. The van der Waals surface area contributed by atoms with E-state index in [0.29, 0.717) is 12.1 Å². The number of fused-ring (bicyclic) bond motifs is 1. The predicted molar refractivity (Wildman–Crippen MR) is 78.3 cm³/mol. The van der Waals surface area contributed by atoms with E-state index >= 15 is 0 Å². The number of halogens is 1. The van der Waals surface area contributed by atoms with Gasteiger partial charge in [0.15, 0.2) is 0 Å². The zero-order chi connectivity index (χ0) is 13.9. The number of aromatic nitrogens is 1. The third kappa shape index (κ3) is 2.86. The molecule has 0 spiro atoms. The third-order valence-electron chi connectivity index (χ3n) is 4.07. The highest BCUT2D eigenvalue weighted by atomic mass is 19.1. The Morgan fingerprint density at radius 3 is 3.15 bits per heavy atom. The molecule has 1 saturated heterocycles. The lowest BCUT2D eigenvalue weighted by molar-refractivity contribution is 0.0835. The van der Waals surface area contributed by atoms with Gasteiger partial charge in [-0.25, -0.2) is 4.39 Å². The summed E-state index contributed by atoms with van der Waals surface area (Å²) in [5.41, 5.74) is 1.08. The lowest BCUT2D eigenvalue weighted by Crippen LogP contribution is -2.38. The molecule has 2 heterocycles. The van der Waals surface area contributed by atoms with Gasteiger partial charge in [-0.15, -0.1) is 0 Å². The number of nitrogens with zero attached hydrogens (tertiary/aromatic N) is 1. The number of hydrogen-bond acceptors (Lipinski definition) is 2. The normalized spacial score (nSPS) is 20.6. The van der Waals surface area contributed by atoms with Crippen LogP contribution in [-0.4, -0.2) is 29.9 Å². The van der Waals surface area contributed by atoms with E-state index in [2.05, 4.69) is 16.8 Å². The Balaban J connectivity index is 1.57. The molecule has 0 amide bonds. The Morgan fingerprint density at radius 1 is 1.45 bits per heavy atom. The van der Waals surface area contributed by atoms with E-state index in [-0.39, 0.29) is 5.82 Å². The van der Waals surface area contributed by atoms with Crippen LogP contribution in [0.2, 0.25) is 0 Å². The van der Waals surface area contributed by atoms with Crippen LogP contribution in [0.25, 0.3) is 10.9 Å². The smallest absolute Gasteiger partial charge is 0.123 e. The van der Waals surface area contributed by atoms with Gasteiger partial charge in [-0.2, -0.15) is 0 Å². The molecule has 2 aromatic rings. The minimum Gasteiger partial charge on any atom is -0.377 e. The minimum absolute atomic E-state index is 0.180. The molecule has 0 saturated carbocycles. The highest BCUT2D eigenvalue weighted by Gasteiger charge is 2.21. The van der Waals surface area contributed by atoms with Crippen molar-refractivity contribution in [3.05, 3.63) is 36.3 Å². The van der Waals surface area contributed by atoms with Crippen molar-refractivity contribution in [1.82, 2.24) is 9.88 Å². The molecule has 4 heteroatoms. The molecule has 2 atom stereocenters. The van der Waals surface area contributed by atoms with Gasteiger partial charge in [-0.3, -0.25) is 0 Å². The van der Waals surface area contributed by atoms with Crippen molar-refractivity contribution >= 4 is 10.9 Å². The zero-order valence-electron chi connectivity index (χ0n) is 11.8. The van der Waals surface area contributed by atoms with Crippen LogP contribution in [0.3, 0.4) is 0 Å². The average Bonchev–Trinajstić information content (AvgIpc) is 3.08. The van der Waals surface area contributed by atoms with Crippen LogP contribution in [0.4, 0.5) is 4.39 Å². The van der Waals surface area contributed by atoms with Gasteiger partial charge < -0.3 is 14.6 Å². The van der Waals surface area contributed by atoms with Crippen molar-refractivity contribution in [2.75, 3.05) is 13.2 Å². The molecule has 0 bridgehead atoms. The quantitative estimate of drug-likeness (QED) is 0.908. The second-order valence-electron chi connectivity index (χ2n) is 5.51. The fourth-order valence-corrected chi connectivity index (χ4v) is 2.91. The molecule has 3 nitrogen and oxygen atoms in total. The van der Waals surface area contributed by atoms with Crippen molar-refractivity contribution in [3.8, 4) is 0 Å². The number of ether oxygens (including phenoxy) is 1. The average molecular weight is 276 g/mol. The summed E-state index contributed by atoms with van der Waals surface area (Å²) in [5.74, 6) is -0.180. The van der Waals surface area contributed by atoms with Crippen LogP contribution in [0.15, 0.2) is 30.5 Å². The Morgan fingerprint density at radius 2 is 2.35 bits per heavy atom. The molecule has 1 aliphatic rings. The van der Waals surface area contributed by atoms with Crippen molar-refractivity contribution in [1.29, 1.82) is 0 Å². The van der Waals surface area contributed by atoms with Crippen LogP contribution in [0.1, 0.15) is 19.8 Å². The fraction of sp³-hybridized carbons (Fsp3) is 0.500. The summed E-state index contributed by atoms with van der Waals surface area (Å²) in [6.07, 6.45) is 4.69. The highest BCUT2D eigenvalue weighted by molar-refractivity contribution is 5.80. The lowest BCUT2D eigenvalue weighted by Gasteiger charge is -2.20. The molecule has 2 unspecified atom stereocenters. The summed E-state index contributed by atoms with van der Waals surface area (Å²) in [5, 5.41) is 4.47. The maximum Gasteiger partial charge on any atom is 0.123 e. The van der Waals surface area contributed by atoms with Gasteiger partial charge in [0.2, 0.25) is 0 Å². The van der Waals surface area contributed by atoms with Crippen molar-refractivity contribution in [2.24, 2.45) is 0 Å². The Bertz CT molecular complexity index is 575. The van der Waals surface area contributed by atoms with E-state index in [1.807, 2.05) is 18.3 Å². The second-order valence-corrected chi connectivity index (χ2v) is 5.51. The summed E-state index contributed by atoms with van der Waals surface area (Å²) < 4.78 is 21.0. The SMILES string of the molecule is CC(NCCn1ccc2cc(F)ccc21)C1CCCO1. The van der Waals surface area contributed by atoms with Crippen LogP contribution < -0.4 is 5.32 Å². The van der Waals surface area contributed by atoms with Gasteiger partial charge in [-0.1, -0.05) is 0 Å². The molecular formula is C16H21FN2O. The Labute approximate surface area is 118 Å². The van der Waals surface area contributed by atoms with Gasteiger partial charge in [0.1, 0.15) is 5.82 Å². The first-order chi connectivity index (χ1) is 9.74. The van der Waals surface area contributed by atoms with Gasteiger partial charge in [0.05, 0.1) is 6.10 Å². The van der Waals surface area contributed by atoms with E-state index in [4.69, 9.17) is 4.74 Å². The maximum atomic E-state index is 13.1. The first-order valence-corrected chi connectivity index (χ1v) is 7.33. The van der Waals surface area contributed by atoms with Crippen LogP contribution >= 0.6 is 0 Å². The van der Waals surface area contributed by atoms with Gasteiger partial charge in [-0.05, 0) is 44.0 Å². The van der Waals surface area contributed by atoms with Crippen LogP contribution in [-0.2, 0) is 11.3 Å². The van der Waals surface area contributed by atoms with E-state index in [1.54, 1.807) is 6.07 Å². The summed E-state index contributed by atoms with van der Waals surface area (Å²) in [6.45, 7) is 4.85. The summed E-state index contributed by atoms with van der Waals surface area (Å²) in [7, 11) is 0. The standard InChI is InChI=1S/C16H21FN2O/c1-12(16-3-2-10-20-16)18-7-9-19-8-6-13-11-14(17)4-5-15(13)19/h4-6,8,11-12,16,18H,2-3,7,9-10H2,1H3. The van der Waals surface area contributed by atoms with E-state index in [9.17, 15) is 4.39 Å². The van der Waals surface area contributed by atoms with Crippen LogP contribution in [0.5, 0.6) is 0 Å². The minimum atomic E-state index is -0.180. The lowest BCUT2D eigenvalue weighted by atomic mass is 10.1. The molecule has 3 rings (SSSR count). The molecule has 1 aromatic carbocycles. The van der Waals surface area contributed by atoms with Gasteiger partial charge in [0, 0.05) is 42.8 Å². The van der Waals surface area contributed by atoms with Crippen molar-refractivity contribution < 1.29 is 9.13 Å². The first-order valence-electron chi connectivity index (χ1n) is 7.33. The molecule has 1 fully saturated rings. The Hall–Kier alpha value is -1.39. The molecule has 108 valence electrons. The van der Waals surface area contributed by atoms with E-state index in [0.717, 1.165) is 37.0 Å². The molecular weight excluding hydrogens is 255 g/mol. The first kappa shape index (κ1) is 13.6. The van der Waals surface area contributed by atoms with E-state index in [1.165, 1.54) is 12.5 Å². The number of benzene rings is 1. The summed E-state index contributed by atoms with van der Waals surface area (Å²) >= 11 is 0. The fourth-order valence-electron chi connectivity index (χ4n) is 2.91. The summed E-state index contributed by atoms with van der Waals surface area (Å²) in [4.78, 5) is 0. The Kier molecular flexibility index (Phi) is 4.03. The molecule has 20 heavy (non-hydrogen) atoms. The third-order valence-corrected chi connectivity index (χ3v) is 4.07. The molecule has 1 aliphatic heterocycles. The molecule has 0 aliphatic carbocycles. The zero-order valence-corrected chi connectivity index (χ0v) is 11.8. The second kappa shape index (κ2) is 5.94. The van der Waals surface area contributed by atoms with Gasteiger partial charge in [0.25, 0.3) is 0 Å².